The maximum Gasteiger partial charge on any atom is 0.414 e. The maximum atomic E-state index is 12.2. The number of carbonyl (C=O) groups excluding carboxylic acids is 1. The molecule has 0 unspecified atom stereocenters. The Balaban J connectivity index is 2.94. The Hall–Kier alpha value is -0.990. The summed E-state index contributed by atoms with van der Waals surface area (Å²) in [5.41, 5.74) is 2.13. The number of allylic oxidation sites excluding steroid dienone is 1. The van der Waals surface area contributed by atoms with E-state index in [4.69, 9.17) is 4.74 Å². The van der Waals surface area contributed by atoms with Gasteiger partial charge in [0.15, 0.2) is 0 Å². The molecule has 0 radical (unpaired) electrons. The molecule has 1 heterocycles. The molecule has 0 bridgehead atoms. The van der Waals surface area contributed by atoms with E-state index in [1.165, 1.54) is 11.3 Å². The molecule has 0 saturated heterocycles. The van der Waals surface area contributed by atoms with Gasteiger partial charge in [-0.1, -0.05) is 27.7 Å². The first kappa shape index (κ1) is 15.1. The van der Waals surface area contributed by atoms with Crippen molar-refractivity contribution in [3.05, 3.63) is 11.3 Å². The summed E-state index contributed by atoms with van der Waals surface area (Å²) in [4.78, 5) is 14.0. The van der Waals surface area contributed by atoms with Gasteiger partial charge in [0.2, 0.25) is 0 Å². The quantitative estimate of drug-likeness (QED) is 0.738. The van der Waals surface area contributed by atoms with Crippen LogP contribution in [0.1, 0.15) is 54.9 Å². The van der Waals surface area contributed by atoms with Crippen LogP contribution in [0.2, 0.25) is 0 Å². The van der Waals surface area contributed by atoms with Crippen molar-refractivity contribution in [2.75, 3.05) is 6.54 Å². The third-order valence-electron chi connectivity index (χ3n) is 3.08. The van der Waals surface area contributed by atoms with Gasteiger partial charge in [-0.25, -0.2) is 4.79 Å². The fraction of sp³-hybridized carbons (Fsp3) is 0.800. The van der Waals surface area contributed by atoms with E-state index in [9.17, 15) is 4.79 Å². The monoisotopic (exact) mass is 253 g/mol. The van der Waals surface area contributed by atoms with E-state index >= 15 is 0 Å². The summed E-state index contributed by atoms with van der Waals surface area (Å²) in [6.07, 6.45) is 0.770. The highest BCUT2D eigenvalue weighted by atomic mass is 16.6. The SMILES string of the molecule is CC(C)C1=C(C(C)C)N(C(=O)OC(C)(C)C)CC1. The van der Waals surface area contributed by atoms with Crippen LogP contribution in [0.15, 0.2) is 11.3 Å². The Bertz CT molecular complexity index is 348. The van der Waals surface area contributed by atoms with Gasteiger partial charge in [-0.05, 0) is 44.6 Å². The van der Waals surface area contributed by atoms with E-state index in [0.29, 0.717) is 11.8 Å². The molecule has 18 heavy (non-hydrogen) atoms. The van der Waals surface area contributed by atoms with Crippen molar-refractivity contribution in [2.24, 2.45) is 11.8 Å². The topological polar surface area (TPSA) is 29.5 Å². The van der Waals surface area contributed by atoms with Crippen LogP contribution in [0.4, 0.5) is 4.79 Å². The smallest absolute Gasteiger partial charge is 0.414 e. The molecule has 0 aromatic rings. The number of hydrogen-bond donors (Lipinski definition) is 0. The second kappa shape index (κ2) is 5.33. The fourth-order valence-corrected chi connectivity index (χ4v) is 2.43. The lowest BCUT2D eigenvalue weighted by atomic mass is 9.96. The second-order valence-corrected chi connectivity index (χ2v) is 6.60. The lowest BCUT2D eigenvalue weighted by Crippen LogP contribution is -2.36. The molecule has 0 saturated carbocycles. The van der Waals surface area contributed by atoms with Gasteiger partial charge in [0.05, 0.1) is 0 Å². The van der Waals surface area contributed by atoms with Crippen LogP contribution in [-0.4, -0.2) is 23.1 Å². The molecule has 0 fully saturated rings. The highest BCUT2D eigenvalue weighted by Gasteiger charge is 2.32. The maximum absolute atomic E-state index is 12.2. The van der Waals surface area contributed by atoms with Gasteiger partial charge in [0.25, 0.3) is 0 Å². The minimum atomic E-state index is -0.431. The standard InChI is InChI=1S/C15H27NO2/c1-10(2)12-8-9-16(13(12)11(3)4)14(17)18-15(5,6)7/h10-11H,8-9H2,1-7H3. The molecule has 0 aliphatic carbocycles. The highest BCUT2D eigenvalue weighted by molar-refractivity contribution is 5.71. The van der Waals surface area contributed by atoms with Crippen LogP contribution in [0.25, 0.3) is 0 Å². The summed E-state index contributed by atoms with van der Waals surface area (Å²) in [7, 11) is 0. The van der Waals surface area contributed by atoms with E-state index in [-0.39, 0.29) is 6.09 Å². The predicted octanol–water partition coefficient (Wildman–Crippen LogP) is 4.19. The lowest BCUT2D eigenvalue weighted by Gasteiger charge is -2.28. The summed E-state index contributed by atoms with van der Waals surface area (Å²) < 4.78 is 5.48. The van der Waals surface area contributed by atoms with Crippen LogP contribution in [0, 0.1) is 11.8 Å². The molecule has 0 aromatic heterocycles. The summed E-state index contributed by atoms with van der Waals surface area (Å²) >= 11 is 0. The Morgan fingerprint density at radius 3 is 2.11 bits per heavy atom. The Labute approximate surface area is 111 Å². The zero-order valence-corrected chi connectivity index (χ0v) is 12.8. The molecule has 1 aliphatic heterocycles. The van der Waals surface area contributed by atoms with Gasteiger partial charge < -0.3 is 4.74 Å². The van der Waals surface area contributed by atoms with Gasteiger partial charge >= 0.3 is 6.09 Å². The molecule has 104 valence electrons. The first-order valence-electron chi connectivity index (χ1n) is 6.87. The summed E-state index contributed by atoms with van der Waals surface area (Å²) in [5.74, 6) is 0.854. The number of ether oxygens (including phenoxy) is 1. The van der Waals surface area contributed by atoms with Gasteiger partial charge in [0.1, 0.15) is 5.60 Å². The van der Waals surface area contributed by atoms with Gasteiger partial charge in [-0.3, -0.25) is 4.90 Å². The zero-order valence-electron chi connectivity index (χ0n) is 12.8. The second-order valence-electron chi connectivity index (χ2n) is 6.60. The molecule has 0 spiro atoms. The summed E-state index contributed by atoms with van der Waals surface area (Å²) in [6, 6.07) is 0. The average molecular weight is 253 g/mol. The lowest BCUT2D eigenvalue weighted by molar-refractivity contribution is 0.0316. The first-order chi connectivity index (χ1) is 8.13. The van der Waals surface area contributed by atoms with E-state index in [1.807, 2.05) is 25.7 Å². The predicted molar refractivity (Wildman–Crippen MR) is 74.3 cm³/mol. The summed E-state index contributed by atoms with van der Waals surface area (Å²) in [6.45, 7) is 15.1. The van der Waals surface area contributed by atoms with Crippen molar-refractivity contribution < 1.29 is 9.53 Å². The molecule has 0 aromatic carbocycles. The molecular weight excluding hydrogens is 226 g/mol. The average Bonchev–Trinajstić information content (AvgIpc) is 2.58. The number of nitrogens with zero attached hydrogens (tertiary/aromatic N) is 1. The van der Waals surface area contributed by atoms with Crippen LogP contribution in [-0.2, 0) is 4.74 Å². The Kier molecular flexibility index (Phi) is 4.46. The van der Waals surface area contributed by atoms with Crippen molar-refractivity contribution in [1.29, 1.82) is 0 Å². The minimum Gasteiger partial charge on any atom is -0.443 e. The van der Waals surface area contributed by atoms with Crippen LogP contribution in [0.5, 0.6) is 0 Å². The van der Waals surface area contributed by atoms with E-state index in [1.54, 1.807) is 0 Å². The molecule has 1 amide bonds. The first-order valence-corrected chi connectivity index (χ1v) is 6.87. The molecule has 1 aliphatic rings. The number of hydrogen-bond acceptors (Lipinski definition) is 2. The molecule has 0 atom stereocenters. The molecule has 3 nitrogen and oxygen atoms in total. The molecule has 3 heteroatoms. The van der Waals surface area contributed by atoms with Crippen molar-refractivity contribution >= 4 is 6.09 Å². The fourth-order valence-electron chi connectivity index (χ4n) is 2.43. The van der Waals surface area contributed by atoms with Crippen molar-refractivity contribution in [3.63, 3.8) is 0 Å². The van der Waals surface area contributed by atoms with Crippen LogP contribution in [0.3, 0.4) is 0 Å². The third kappa shape index (κ3) is 3.50. The Morgan fingerprint density at radius 1 is 1.17 bits per heavy atom. The summed E-state index contributed by atoms with van der Waals surface area (Å²) in [5, 5.41) is 0. The number of rotatable bonds is 2. The minimum absolute atomic E-state index is 0.207. The van der Waals surface area contributed by atoms with Gasteiger partial charge in [0, 0.05) is 12.2 Å². The number of carbonyl (C=O) groups is 1. The van der Waals surface area contributed by atoms with Crippen LogP contribution < -0.4 is 0 Å². The van der Waals surface area contributed by atoms with Crippen molar-refractivity contribution in [2.45, 2.75) is 60.5 Å². The largest absolute Gasteiger partial charge is 0.443 e. The molecule has 0 N–H and O–H groups in total. The van der Waals surface area contributed by atoms with Crippen molar-refractivity contribution in [1.82, 2.24) is 4.90 Å². The molecular formula is C15H27NO2. The van der Waals surface area contributed by atoms with E-state index in [0.717, 1.165) is 13.0 Å². The van der Waals surface area contributed by atoms with Gasteiger partial charge in [-0.2, -0.15) is 0 Å². The Morgan fingerprint density at radius 2 is 1.72 bits per heavy atom. The van der Waals surface area contributed by atoms with Crippen molar-refractivity contribution in [3.8, 4) is 0 Å². The normalized spacial score (nSPS) is 17.1. The highest BCUT2D eigenvalue weighted by Crippen LogP contribution is 2.34. The van der Waals surface area contributed by atoms with Gasteiger partial charge in [-0.15, -0.1) is 0 Å². The van der Waals surface area contributed by atoms with Crippen LogP contribution >= 0.6 is 0 Å². The molecule has 1 rings (SSSR count). The third-order valence-corrected chi connectivity index (χ3v) is 3.08. The number of amides is 1. The van der Waals surface area contributed by atoms with E-state index in [2.05, 4.69) is 27.7 Å². The zero-order chi connectivity index (χ0) is 14.1. The van der Waals surface area contributed by atoms with E-state index < -0.39 is 5.60 Å².